The monoisotopic (exact) mass is 518 g/mol. The quantitative estimate of drug-likeness (QED) is 0.559. The summed E-state index contributed by atoms with van der Waals surface area (Å²) in [5, 5.41) is 19.0. The van der Waals surface area contributed by atoms with Crippen LogP contribution in [-0.4, -0.2) is 66.9 Å². The second-order valence-corrected chi connectivity index (χ2v) is 8.68. The van der Waals surface area contributed by atoms with Crippen molar-refractivity contribution in [3.05, 3.63) is 70.5 Å². The molecular weight excluding hydrogens is 489 g/mol. The van der Waals surface area contributed by atoms with Crippen LogP contribution in [0.2, 0.25) is 0 Å². The van der Waals surface area contributed by atoms with Gasteiger partial charge >= 0.3 is 12.1 Å². The summed E-state index contributed by atoms with van der Waals surface area (Å²) in [5.74, 6) is -2.28. The Bertz CT molecular complexity index is 1150. The Morgan fingerprint density at radius 1 is 1.14 bits per heavy atom. The molecule has 0 aliphatic carbocycles. The lowest BCUT2D eigenvalue weighted by Crippen LogP contribution is -2.43. The van der Waals surface area contributed by atoms with Crippen LogP contribution >= 0.6 is 0 Å². The minimum atomic E-state index is -1.06. The number of carbonyl (C=O) groups excluding carboxylic acids is 2. The van der Waals surface area contributed by atoms with Crippen molar-refractivity contribution in [2.45, 2.75) is 31.2 Å². The summed E-state index contributed by atoms with van der Waals surface area (Å²) in [6, 6.07) is 8.17. The predicted octanol–water partition coefficient (Wildman–Crippen LogP) is 4.06. The Morgan fingerprint density at radius 2 is 1.86 bits per heavy atom. The Kier molecular flexibility index (Phi) is 9.88. The van der Waals surface area contributed by atoms with Crippen molar-refractivity contribution in [2.24, 2.45) is 0 Å². The highest BCUT2D eigenvalue weighted by Crippen LogP contribution is 2.31. The van der Waals surface area contributed by atoms with E-state index in [1.165, 1.54) is 18.2 Å². The van der Waals surface area contributed by atoms with Crippen LogP contribution in [0.4, 0.5) is 22.8 Å². The number of piperidine rings is 1. The van der Waals surface area contributed by atoms with Crippen LogP contribution in [-0.2, 0) is 4.74 Å². The zero-order chi connectivity index (χ0) is 26.9. The first-order chi connectivity index (χ1) is 17.9. The van der Waals surface area contributed by atoms with Gasteiger partial charge in [0.05, 0.1) is 11.6 Å². The maximum Gasteiger partial charge on any atom is 0.418 e. The first-order valence-corrected chi connectivity index (χ1v) is 11.9. The third kappa shape index (κ3) is 6.78. The van der Waals surface area contributed by atoms with Gasteiger partial charge in [0.1, 0.15) is 18.5 Å². The summed E-state index contributed by atoms with van der Waals surface area (Å²) in [6.07, 6.45) is 1.51. The lowest BCUT2D eigenvalue weighted by molar-refractivity contribution is 0.157. The van der Waals surface area contributed by atoms with E-state index in [9.17, 15) is 28.0 Å². The molecule has 2 fully saturated rings. The SMILES string of the molecule is CO.N#Cc1cc(F)ccc1C1CCN(CCCNC(=O)N2C(=O)OCC2c2ccc(F)c(F)c2)CC1. The topological polar surface area (TPSA) is 106 Å². The van der Waals surface area contributed by atoms with Crippen molar-refractivity contribution >= 4 is 12.1 Å². The van der Waals surface area contributed by atoms with Gasteiger partial charge in [-0.2, -0.15) is 5.26 Å². The first-order valence-electron chi connectivity index (χ1n) is 11.9. The fourth-order valence-corrected chi connectivity index (χ4v) is 4.64. The summed E-state index contributed by atoms with van der Waals surface area (Å²) in [7, 11) is 1.00. The Labute approximate surface area is 213 Å². The van der Waals surface area contributed by atoms with Gasteiger partial charge in [0.15, 0.2) is 11.6 Å². The van der Waals surface area contributed by atoms with Crippen molar-refractivity contribution in [1.82, 2.24) is 15.1 Å². The van der Waals surface area contributed by atoms with Crippen molar-refractivity contribution < 1.29 is 32.6 Å². The number of cyclic esters (lactones) is 1. The molecule has 0 aromatic heterocycles. The van der Waals surface area contributed by atoms with E-state index < -0.39 is 35.6 Å². The minimum Gasteiger partial charge on any atom is -0.446 e. The van der Waals surface area contributed by atoms with Crippen LogP contribution in [0.3, 0.4) is 0 Å². The van der Waals surface area contributed by atoms with E-state index in [2.05, 4.69) is 16.3 Å². The number of halogens is 3. The molecule has 0 spiro atoms. The number of carbonyl (C=O) groups is 2. The average Bonchev–Trinajstić information content (AvgIpc) is 3.31. The highest BCUT2D eigenvalue weighted by Gasteiger charge is 2.39. The molecule has 2 aromatic rings. The fraction of sp³-hybridized carbons (Fsp3) is 0.423. The van der Waals surface area contributed by atoms with E-state index in [1.807, 2.05) is 0 Å². The molecule has 4 rings (SSSR count). The lowest BCUT2D eigenvalue weighted by Gasteiger charge is -2.32. The van der Waals surface area contributed by atoms with E-state index in [4.69, 9.17) is 9.84 Å². The van der Waals surface area contributed by atoms with Gasteiger partial charge < -0.3 is 20.1 Å². The number of nitriles is 1. The minimum absolute atomic E-state index is 0.131. The second kappa shape index (κ2) is 13.1. The molecule has 8 nitrogen and oxygen atoms in total. The van der Waals surface area contributed by atoms with Crippen LogP contribution in [0, 0.1) is 28.8 Å². The smallest absolute Gasteiger partial charge is 0.418 e. The van der Waals surface area contributed by atoms with E-state index in [0.29, 0.717) is 18.5 Å². The molecule has 2 aliphatic heterocycles. The van der Waals surface area contributed by atoms with Gasteiger partial charge in [-0.3, -0.25) is 0 Å². The number of ether oxygens (including phenoxy) is 1. The van der Waals surface area contributed by atoms with Crippen LogP contribution in [0.1, 0.15) is 47.9 Å². The van der Waals surface area contributed by atoms with Crippen molar-refractivity contribution in [2.75, 3.05) is 39.9 Å². The molecule has 2 aliphatic rings. The summed E-state index contributed by atoms with van der Waals surface area (Å²) < 4.78 is 45.2. The fourth-order valence-electron chi connectivity index (χ4n) is 4.64. The maximum atomic E-state index is 13.6. The third-order valence-electron chi connectivity index (χ3n) is 6.51. The van der Waals surface area contributed by atoms with E-state index in [0.717, 1.165) is 62.2 Å². The largest absolute Gasteiger partial charge is 0.446 e. The van der Waals surface area contributed by atoms with Gasteiger partial charge in [0.2, 0.25) is 0 Å². The molecular formula is C26H29F3N4O4. The Balaban J connectivity index is 0.00000186. The molecule has 2 saturated heterocycles. The summed E-state index contributed by atoms with van der Waals surface area (Å²) in [6.45, 7) is 2.56. The standard InChI is InChI=1S/C25H25F3N4O3.CH4O/c26-19-3-4-20(18(12-19)14-29)16-6-10-31(11-7-16)9-1-8-30-24(33)32-23(15-35-25(32)34)17-2-5-21(27)22(28)13-17;1-2/h2-5,12-13,16,23H,1,6-11,15H2,(H,30,33);2H,1H3. The molecule has 3 amide bonds. The number of likely N-dealkylation sites (tertiary alicyclic amines) is 1. The number of urea groups is 1. The number of aliphatic hydroxyl groups excluding tert-OH is 1. The Morgan fingerprint density at radius 3 is 2.54 bits per heavy atom. The summed E-state index contributed by atoms with van der Waals surface area (Å²) >= 11 is 0. The van der Waals surface area contributed by atoms with Crippen molar-refractivity contribution in [3.63, 3.8) is 0 Å². The highest BCUT2D eigenvalue weighted by atomic mass is 19.2. The van der Waals surface area contributed by atoms with Crippen LogP contribution in [0.5, 0.6) is 0 Å². The molecule has 37 heavy (non-hydrogen) atoms. The number of nitrogens with zero attached hydrogens (tertiary/aromatic N) is 3. The van der Waals surface area contributed by atoms with Crippen molar-refractivity contribution in [1.29, 1.82) is 5.26 Å². The number of imide groups is 1. The summed E-state index contributed by atoms with van der Waals surface area (Å²) in [4.78, 5) is 27.8. The number of aliphatic hydroxyl groups is 1. The maximum absolute atomic E-state index is 13.6. The van der Waals surface area contributed by atoms with Crippen LogP contribution in [0.25, 0.3) is 0 Å². The van der Waals surface area contributed by atoms with Gasteiger partial charge in [-0.1, -0.05) is 12.1 Å². The average molecular weight is 519 g/mol. The van der Waals surface area contributed by atoms with Gasteiger partial charge in [-0.05, 0) is 80.2 Å². The van der Waals surface area contributed by atoms with Gasteiger partial charge in [-0.15, -0.1) is 0 Å². The molecule has 0 bridgehead atoms. The zero-order valence-corrected chi connectivity index (χ0v) is 20.4. The number of hydrogen-bond donors (Lipinski definition) is 2. The van der Waals surface area contributed by atoms with Crippen molar-refractivity contribution in [3.8, 4) is 6.07 Å². The molecule has 2 N–H and O–H groups in total. The molecule has 0 saturated carbocycles. The molecule has 1 atom stereocenters. The number of benzene rings is 2. The van der Waals surface area contributed by atoms with Crippen LogP contribution < -0.4 is 5.32 Å². The second-order valence-electron chi connectivity index (χ2n) is 8.68. The number of hydrogen-bond acceptors (Lipinski definition) is 6. The van der Waals surface area contributed by atoms with Crippen LogP contribution in [0.15, 0.2) is 36.4 Å². The Hall–Kier alpha value is -3.62. The lowest BCUT2D eigenvalue weighted by atomic mass is 9.86. The normalized spacial score (nSPS) is 18.0. The highest BCUT2D eigenvalue weighted by molar-refractivity contribution is 5.92. The van der Waals surface area contributed by atoms with Gasteiger partial charge in [0.25, 0.3) is 0 Å². The number of rotatable bonds is 6. The number of nitrogens with one attached hydrogen (secondary N) is 1. The summed E-state index contributed by atoms with van der Waals surface area (Å²) in [5.41, 5.74) is 1.54. The van der Waals surface area contributed by atoms with E-state index in [1.54, 1.807) is 6.07 Å². The first kappa shape index (κ1) is 28.0. The van der Waals surface area contributed by atoms with Gasteiger partial charge in [-0.25, -0.2) is 27.7 Å². The van der Waals surface area contributed by atoms with E-state index >= 15 is 0 Å². The predicted molar refractivity (Wildman–Crippen MR) is 128 cm³/mol. The molecule has 0 radical (unpaired) electrons. The molecule has 198 valence electrons. The molecule has 2 aromatic carbocycles. The molecule has 1 unspecified atom stereocenters. The van der Waals surface area contributed by atoms with Gasteiger partial charge in [0, 0.05) is 13.7 Å². The third-order valence-corrected chi connectivity index (χ3v) is 6.51. The number of amides is 3. The molecule has 2 heterocycles. The molecule has 11 heteroatoms. The van der Waals surface area contributed by atoms with E-state index in [-0.39, 0.29) is 18.1 Å². The zero-order valence-electron chi connectivity index (χ0n) is 20.4.